The fourth-order valence-electron chi connectivity index (χ4n) is 2.99. The second kappa shape index (κ2) is 8.52. The fourth-order valence-corrected chi connectivity index (χ4v) is 2.99. The van der Waals surface area contributed by atoms with Gasteiger partial charge < -0.3 is 4.90 Å². The molecule has 1 aliphatic heterocycles. The van der Waals surface area contributed by atoms with Crippen molar-refractivity contribution in [2.45, 2.75) is 0 Å². The Labute approximate surface area is 158 Å². The first kappa shape index (κ1) is 20.0. The fraction of sp³-hybridized carbons (Fsp3) is 0.250. The summed E-state index contributed by atoms with van der Waals surface area (Å²) in [7, 11) is 0. The zero-order valence-electron chi connectivity index (χ0n) is 14.8. The smallest absolute Gasteiger partial charge is 0.260 e. The average molecular weight is 396 g/mol. The van der Waals surface area contributed by atoms with E-state index in [9.17, 15) is 26.7 Å². The number of hydrogen-bond donors (Lipinski definition) is 0. The number of piperazine rings is 1. The van der Waals surface area contributed by atoms with Crippen LogP contribution in [0.25, 0.3) is 6.08 Å². The van der Waals surface area contributed by atoms with Gasteiger partial charge in [-0.3, -0.25) is 9.69 Å². The number of hydrogen-bond acceptors (Lipinski definition) is 2. The molecule has 1 heterocycles. The molecule has 0 aromatic heterocycles. The Bertz CT molecular complexity index is 864. The summed E-state index contributed by atoms with van der Waals surface area (Å²) < 4.78 is 67.4. The molecule has 0 bridgehead atoms. The van der Waals surface area contributed by atoms with Crippen LogP contribution in [-0.2, 0) is 0 Å². The summed E-state index contributed by atoms with van der Waals surface area (Å²) in [5.41, 5.74) is -0.364. The minimum Gasteiger partial charge on any atom is -0.336 e. The van der Waals surface area contributed by atoms with Crippen molar-refractivity contribution in [3.05, 3.63) is 76.6 Å². The number of benzene rings is 2. The number of amides is 1. The van der Waals surface area contributed by atoms with Gasteiger partial charge >= 0.3 is 0 Å². The van der Waals surface area contributed by atoms with E-state index in [2.05, 4.69) is 0 Å². The Morgan fingerprint density at radius 3 is 1.93 bits per heavy atom. The highest BCUT2D eigenvalue weighted by molar-refractivity contribution is 5.95. The van der Waals surface area contributed by atoms with Crippen LogP contribution >= 0.6 is 0 Å². The third kappa shape index (κ3) is 4.06. The van der Waals surface area contributed by atoms with Gasteiger partial charge in [-0.25, -0.2) is 22.0 Å². The van der Waals surface area contributed by atoms with Crippen molar-refractivity contribution >= 4 is 12.0 Å². The first-order chi connectivity index (χ1) is 13.4. The zero-order valence-corrected chi connectivity index (χ0v) is 14.8. The number of nitrogens with zero attached hydrogens (tertiary/aromatic N) is 2. The molecule has 0 unspecified atom stereocenters. The van der Waals surface area contributed by atoms with Crippen molar-refractivity contribution in [2.24, 2.45) is 0 Å². The third-order valence-electron chi connectivity index (χ3n) is 4.56. The van der Waals surface area contributed by atoms with E-state index in [1.54, 1.807) is 0 Å². The van der Waals surface area contributed by atoms with Crippen LogP contribution in [0.3, 0.4) is 0 Å². The Hall–Kier alpha value is -2.74. The van der Waals surface area contributed by atoms with Gasteiger partial charge in [-0.05, 0) is 5.56 Å². The van der Waals surface area contributed by atoms with E-state index in [1.165, 1.54) is 0 Å². The Balaban J connectivity index is 1.62. The van der Waals surface area contributed by atoms with Gasteiger partial charge in [0.15, 0.2) is 23.3 Å². The van der Waals surface area contributed by atoms with E-state index in [1.807, 2.05) is 47.4 Å². The molecule has 28 heavy (non-hydrogen) atoms. The van der Waals surface area contributed by atoms with Gasteiger partial charge in [-0.15, -0.1) is 0 Å². The van der Waals surface area contributed by atoms with E-state index >= 15 is 0 Å². The van der Waals surface area contributed by atoms with Crippen LogP contribution in [0.15, 0.2) is 36.4 Å². The van der Waals surface area contributed by atoms with Crippen LogP contribution in [0.1, 0.15) is 15.9 Å². The zero-order chi connectivity index (χ0) is 20.3. The summed E-state index contributed by atoms with van der Waals surface area (Å²) in [4.78, 5) is 15.4. The van der Waals surface area contributed by atoms with Gasteiger partial charge in [0.25, 0.3) is 5.91 Å². The Kier molecular flexibility index (Phi) is 6.08. The summed E-state index contributed by atoms with van der Waals surface area (Å²) in [5, 5.41) is 0. The second-order valence-electron chi connectivity index (χ2n) is 6.35. The van der Waals surface area contributed by atoms with Crippen molar-refractivity contribution in [3.63, 3.8) is 0 Å². The molecule has 2 aromatic carbocycles. The number of carbonyl (C=O) groups is 1. The van der Waals surface area contributed by atoms with E-state index in [-0.39, 0.29) is 13.1 Å². The molecule has 1 aliphatic rings. The van der Waals surface area contributed by atoms with Crippen LogP contribution in [-0.4, -0.2) is 48.4 Å². The van der Waals surface area contributed by atoms with E-state index in [4.69, 9.17) is 0 Å². The molecule has 0 N–H and O–H groups in total. The van der Waals surface area contributed by atoms with E-state index < -0.39 is 40.6 Å². The van der Waals surface area contributed by atoms with Crippen LogP contribution in [0.5, 0.6) is 0 Å². The maximum Gasteiger partial charge on any atom is 0.260 e. The number of rotatable bonds is 4. The minimum atomic E-state index is -2.28. The number of carbonyl (C=O) groups excluding carboxylic acids is 1. The van der Waals surface area contributed by atoms with Gasteiger partial charge in [-0.1, -0.05) is 42.5 Å². The molecule has 3 rings (SSSR count). The maximum atomic E-state index is 13.8. The highest BCUT2D eigenvalue weighted by atomic mass is 19.2. The highest BCUT2D eigenvalue weighted by Crippen LogP contribution is 2.24. The predicted octanol–water partition coefficient (Wildman–Crippen LogP) is 3.85. The first-order valence-corrected chi connectivity index (χ1v) is 8.64. The van der Waals surface area contributed by atoms with Gasteiger partial charge in [-0.2, -0.15) is 0 Å². The molecule has 8 heteroatoms. The molecule has 0 radical (unpaired) electrons. The maximum absolute atomic E-state index is 13.8. The Morgan fingerprint density at radius 2 is 1.36 bits per heavy atom. The molecule has 148 valence electrons. The summed E-state index contributed by atoms with van der Waals surface area (Å²) in [6.07, 6.45) is 3.91. The quantitative estimate of drug-likeness (QED) is 0.445. The first-order valence-electron chi connectivity index (χ1n) is 8.64. The lowest BCUT2D eigenvalue weighted by molar-refractivity contribution is 0.0637. The second-order valence-corrected chi connectivity index (χ2v) is 6.35. The van der Waals surface area contributed by atoms with E-state index in [0.717, 1.165) is 10.5 Å². The SMILES string of the molecule is O=C(c1c(F)c(F)c(F)c(F)c1F)N1CCN(CC=Cc2ccccc2)CC1. The number of halogens is 5. The molecule has 0 aliphatic carbocycles. The normalized spacial score (nSPS) is 15.4. The van der Waals surface area contributed by atoms with Crippen molar-refractivity contribution < 1.29 is 26.7 Å². The van der Waals surface area contributed by atoms with Gasteiger partial charge in [0, 0.05) is 32.7 Å². The molecular weight excluding hydrogens is 379 g/mol. The van der Waals surface area contributed by atoms with Crippen molar-refractivity contribution in [3.8, 4) is 0 Å². The lowest BCUT2D eigenvalue weighted by atomic mass is 10.1. The topological polar surface area (TPSA) is 23.6 Å². The summed E-state index contributed by atoms with van der Waals surface area (Å²) in [6, 6.07) is 9.67. The average Bonchev–Trinajstić information content (AvgIpc) is 2.72. The van der Waals surface area contributed by atoms with Gasteiger partial charge in [0.2, 0.25) is 5.82 Å². The summed E-state index contributed by atoms with van der Waals surface area (Å²) >= 11 is 0. The van der Waals surface area contributed by atoms with Crippen LogP contribution in [0.2, 0.25) is 0 Å². The van der Waals surface area contributed by atoms with Crippen molar-refractivity contribution in [1.82, 2.24) is 9.80 Å². The molecule has 3 nitrogen and oxygen atoms in total. The van der Waals surface area contributed by atoms with Gasteiger partial charge in [0.05, 0.1) is 0 Å². The van der Waals surface area contributed by atoms with Gasteiger partial charge in [0.1, 0.15) is 5.56 Å². The molecule has 0 atom stereocenters. The molecule has 1 amide bonds. The largest absolute Gasteiger partial charge is 0.336 e. The molecule has 1 saturated heterocycles. The molecule has 0 saturated carbocycles. The lowest BCUT2D eigenvalue weighted by Crippen LogP contribution is -2.49. The molecule has 1 fully saturated rings. The summed E-state index contributed by atoms with van der Waals surface area (Å²) in [5.74, 6) is -11.9. The van der Waals surface area contributed by atoms with Crippen molar-refractivity contribution in [2.75, 3.05) is 32.7 Å². The Morgan fingerprint density at radius 1 is 0.821 bits per heavy atom. The molecule has 0 spiro atoms. The van der Waals surface area contributed by atoms with E-state index in [0.29, 0.717) is 19.6 Å². The standard InChI is InChI=1S/C20H17F5N2O/c21-15-14(16(22)18(24)19(25)17(15)23)20(28)27-11-9-26(10-12-27)8-4-7-13-5-2-1-3-6-13/h1-7H,8-12H2. The third-order valence-corrected chi connectivity index (χ3v) is 4.56. The molecular formula is C20H17F5N2O. The highest BCUT2D eigenvalue weighted by Gasteiger charge is 2.33. The predicted molar refractivity (Wildman–Crippen MR) is 94.1 cm³/mol. The van der Waals surface area contributed by atoms with Crippen LogP contribution in [0.4, 0.5) is 22.0 Å². The summed E-state index contributed by atoms with van der Waals surface area (Å²) in [6.45, 7) is 1.69. The monoisotopic (exact) mass is 396 g/mol. The molecule has 2 aromatic rings. The minimum absolute atomic E-state index is 0.123. The van der Waals surface area contributed by atoms with Crippen LogP contribution < -0.4 is 0 Å². The van der Waals surface area contributed by atoms with Crippen LogP contribution in [0, 0.1) is 29.1 Å². The van der Waals surface area contributed by atoms with Crippen molar-refractivity contribution in [1.29, 1.82) is 0 Å². The lowest BCUT2D eigenvalue weighted by Gasteiger charge is -2.34.